The molecule has 25 heavy (non-hydrogen) atoms. The van der Waals surface area contributed by atoms with E-state index in [1.165, 1.54) is 5.56 Å². The van der Waals surface area contributed by atoms with Crippen molar-refractivity contribution in [1.82, 2.24) is 15.5 Å². The maximum Gasteiger partial charge on any atom is 0.251 e. The molecule has 1 aliphatic rings. The van der Waals surface area contributed by atoms with Crippen molar-refractivity contribution >= 4 is 11.8 Å². The van der Waals surface area contributed by atoms with Crippen LogP contribution in [0.15, 0.2) is 24.3 Å². The second-order valence-electron chi connectivity index (χ2n) is 7.31. The van der Waals surface area contributed by atoms with E-state index in [2.05, 4.69) is 36.3 Å². The van der Waals surface area contributed by atoms with Gasteiger partial charge in [-0.2, -0.15) is 0 Å². The largest absolute Gasteiger partial charge is 0.379 e. The number of rotatable bonds is 6. The van der Waals surface area contributed by atoms with Crippen LogP contribution in [0.25, 0.3) is 0 Å². The summed E-state index contributed by atoms with van der Waals surface area (Å²) in [6, 6.07) is 7.51. The Bertz CT molecular complexity index is 573. The maximum atomic E-state index is 12.1. The third-order valence-electron chi connectivity index (χ3n) is 4.28. The summed E-state index contributed by atoms with van der Waals surface area (Å²) in [5.74, 6) is -0.406. The molecule has 1 saturated heterocycles. The first kappa shape index (κ1) is 19.4. The summed E-state index contributed by atoms with van der Waals surface area (Å²) in [5.41, 5.74) is 1.79. The van der Waals surface area contributed by atoms with Gasteiger partial charge < -0.3 is 15.4 Å². The molecular weight excluding hydrogens is 318 g/mol. The van der Waals surface area contributed by atoms with E-state index in [1.54, 1.807) is 12.1 Å². The normalized spacial score (nSPS) is 15.6. The van der Waals surface area contributed by atoms with Gasteiger partial charge in [0.25, 0.3) is 5.91 Å². The van der Waals surface area contributed by atoms with Gasteiger partial charge in [-0.25, -0.2) is 0 Å². The van der Waals surface area contributed by atoms with Crippen LogP contribution in [0, 0.1) is 0 Å². The number of carbonyl (C=O) groups is 2. The minimum absolute atomic E-state index is 0.0109. The fourth-order valence-electron chi connectivity index (χ4n) is 2.62. The zero-order valence-electron chi connectivity index (χ0n) is 15.4. The van der Waals surface area contributed by atoms with Crippen molar-refractivity contribution in [3.63, 3.8) is 0 Å². The van der Waals surface area contributed by atoms with Crippen LogP contribution in [-0.2, 0) is 14.9 Å². The van der Waals surface area contributed by atoms with Crippen LogP contribution < -0.4 is 10.6 Å². The summed E-state index contributed by atoms with van der Waals surface area (Å²) < 4.78 is 5.28. The Kier molecular flexibility index (Phi) is 6.96. The van der Waals surface area contributed by atoms with Gasteiger partial charge in [0.05, 0.1) is 19.8 Å². The molecule has 0 radical (unpaired) electrons. The SMILES string of the molecule is CC(C)(C)c1ccc(C(=O)NCC(=O)NCCN2CCOCC2)cc1. The van der Waals surface area contributed by atoms with Gasteiger partial charge in [0.1, 0.15) is 0 Å². The molecule has 1 heterocycles. The quantitative estimate of drug-likeness (QED) is 0.810. The Labute approximate surface area is 149 Å². The molecule has 1 aromatic rings. The minimum atomic E-state index is -0.233. The number of nitrogens with zero attached hydrogens (tertiary/aromatic N) is 1. The first-order valence-electron chi connectivity index (χ1n) is 8.82. The smallest absolute Gasteiger partial charge is 0.251 e. The van der Waals surface area contributed by atoms with Gasteiger partial charge in [-0.15, -0.1) is 0 Å². The lowest BCUT2D eigenvalue weighted by Gasteiger charge is -2.26. The Balaban J connectivity index is 1.69. The van der Waals surface area contributed by atoms with Crippen molar-refractivity contribution in [1.29, 1.82) is 0 Å². The average Bonchev–Trinajstić information content (AvgIpc) is 2.60. The van der Waals surface area contributed by atoms with Crippen LogP contribution in [-0.4, -0.2) is 62.7 Å². The molecular formula is C19H29N3O3. The van der Waals surface area contributed by atoms with Crippen molar-refractivity contribution in [2.24, 2.45) is 0 Å². The lowest BCUT2D eigenvalue weighted by molar-refractivity contribution is -0.120. The van der Waals surface area contributed by atoms with E-state index in [0.717, 1.165) is 32.8 Å². The van der Waals surface area contributed by atoms with E-state index in [1.807, 2.05) is 12.1 Å². The van der Waals surface area contributed by atoms with E-state index >= 15 is 0 Å². The number of benzene rings is 1. The number of nitrogens with one attached hydrogen (secondary N) is 2. The monoisotopic (exact) mass is 347 g/mol. The zero-order valence-corrected chi connectivity index (χ0v) is 15.4. The number of hydrogen-bond donors (Lipinski definition) is 2. The predicted molar refractivity (Wildman–Crippen MR) is 97.7 cm³/mol. The molecule has 0 aliphatic carbocycles. The summed E-state index contributed by atoms with van der Waals surface area (Å²) in [5, 5.41) is 5.49. The van der Waals surface area contributed by atoms with Crippen LogP contribution in [0.1, 0.15) is 36.7 Å². The van der Waals surface area contributed by atoms with Gasteiger partial charge in [-0.1, -0.05) is 32.9 Å². The summed E-state index contributed by atoms with van der Waals surface area (Å²) in [6.45, 7) is 11.1. The number of amides is 2. The summed E-state index contributed by atoms with van der Waals surface area (Å²) in [4.78, 5) is 26.2. The topological polar surface area (TPSA) is 70.7 Å². The third-order valence-corrected chi connectivity index (χ3v) is 4.28. The molecule has 1 aliphatic heterocycles. The lowest BCUT2D eigenvalue weighted by Crippen LogP contribution is -2.43. The molecule has 0 atom stereocenters. The molecule has 0 unspecified atom stereocenters. The van der Waals surface area contributed by atoms with Crippen molar-refractivity contribution in [2.75, 3.05) is 45.9 Å². The molecule has 6 heteroatoms. The lowest BCUT2D eigenvalue weighted by atomic mass is 9.87. The van der Waals surface area contributed by atoms with Crippen molar-refractivity contribution in [2.45, 2.75) is 26.2 Å². The summed E-state index contributed by atoms with van der Waals surface area (Å²) >= 11 is 0. The summed E-state index contributed by atoms with van der Waals surface area (Å²) in [7, 11) is 0. The Hall–Kier alpha value is -1.92. The van der Waals surface area contributed by atoms with Gasteiger partial charge >= 0.3 is 0 Å². The molecule has 1 fully saturated rings. The van der Waals surface area contributed by atoms with Crippen LogP contribution in [0.5, 0.6) is 0 Å². The fourth-order valence-corrected chi connectivity index (χ4v) is 2.62. The van der Waals surface area contributed by atoms with Crippen molar-refractivity contribution in [3.05, 3.63) is 35.4 Å². The highest BCUT2D eigenvalue weighted by atomic mass is 16.5. The first-order valence-corrected chi connectivity index (χ1v) is 8.82. The van der Waals surface area contributed by atoms with E-state index in [9.17, 15) is 9.59 Å². The number of carbonyl (C=O) groups excluding carboxylic acids is 2. The highest BCUT2D eigenvalue weighted by Crippen LogP contribution is 2.22. The average molecular weight is 347 g/mol. The number of hydrogen-bond acceptors (Lipinski definition) is 4. The Morgan fingerprint density at radius 1 is 1.08 bits per heavy atom. The molecule has 0 spiro atoms. The first-order chi connectivity index (χ1) is 11.9. The highest BCUT2D eigenvalue weighted by Gasteiger charge is 2.15. The number of ether oxygens (including phenoxy) is 1. The minimum Gasteiger partial charge on any atom is -0.379 e. The van der Waals surface area contributed by atoms with Crippen molar-refractivity contribution < 1.29 is 14.3 Å². The second-order valence-corrected chi connectivity index (χ2v) is 7.31. The van der Waals surface area contributed by atoms with Gasteiger partial charge in [0, 0.05) is 31.7 Å². The number of morpholine rings is 1. The standard InChI is InChI=1S/C19H29N3O3/c1-19(2,3)16-6-4-15(5-7-16)18(24)21-14-17(23)20-8-9-22-10-12-25-13-11-22/h4-7H,8-14H2,1-3H3,(H,20,23)(H,21,24). The van der Waals surface area contributed by atoms with E-state index in [-0.39, 0.29) is 23.8 Å². The third kappa shape index (κ3) is 6.48. The van der Waals surface area contributed by atoms with Gasteiger partial charge in [-0.3, -0.25) is 14.5 Å². The highest BCUT2D eigenvalue weighted by molar-refractivity contribution is 5.96. The van der Waals surface area contributed by atoms with E-state index < -0.39 is 0 Å². The fraction of sp³-hybridized carbons (Fsp3) is 0.579. The molecule has 0 bridgehead atoms. The van der Waals surface area contributed by atoms with Crippen LogP contribution in [0.3, 0.4) is 0 Å². The molecule has 0 aromatic heterocycles. The van der Waals surface area contributed by atoms with Crippen LogP contribution in [0.4, 0.5) is 0 Å². The van der Waals surface area contributed by atoms with Crippen molar-refractivity contribution in [3.8, 4) is 0 Å². The van der Waals surface area contributed by atoms with E-state index in [4.69, 9.17) is 4.74 Å². The zero-order chi connectivity index (χ0) is 18.3. The molecule has 138 valence electrons. The predicted octanol–water partition coefficient (Wildman–Crippen LogP) is 1.16. The maximum absolute atomic E-state index is 12.1. The van der Waals surface area contributed by atoms with Crippen LogP contribution in [0.2, 0.25) is 0 Å². The molecule has 1 aromatic carbocycles. The van der Waals surface area contributed by atoms with Gasteiger partial charge in [-0.05, 0) is 23.1 Å². The summed E-state index contributed by atoms with van der Waals surface area (Å²) in [6.07, 6.45) is 0. The van der Waals surface area contributed by atoms with Gasteiger partial charge in [0.15, 0.2) is 0 Å². The molecule has 2 rings (SSSR count). The van der Waals surface area contributed by atoms with Gasteiger partial charge in [0.2, 0.25) is 5.91 Å². The Morgan fingerprint density at radius 3 is 2.32 bits per heavy atom. The molecule has 2 N–H and O–H groups in total. The molecule has 2 amide bonds. The molecule has 6 nitrogen and oxygen atoms in total. The van der Waals surface area contributed by atoms with Crippen LogP contribution >= 0.6 is 0 Å². The second kappa shape index (κ2) is 8.97. The van der Waals surface area contributed by atoms with E-state index in [0.29, 0.717) is 12.1 Å². The molecule has 0 saturated carbocycles. The Morgan fingerprint density at radius 2 is 1.72 bits per heavy atom.